The minimum Gasteiger partial charge on any atom is -0.462 e. The van der Waals surface area contributed by atoms with Gasteiger partial charge in [-0.15, -0.1) is 0 Å². The highest BCUT2D eigenvalue weighted by atomic mass is 33.1. The molecule has 30 heavy (non-hydrogen) atoms. The normalized spacial score (nSPS) is 13.3. The molecule has 0 aromatic carbocycles. The Bertz CT molecular complexity index is 437. The van der Waals surface area contributed by atoms with Crippen LogP contribution in [0.1, 0.15) is 46.5 Å². The van der Waals surface area contributed by atoms with Crippen molar-refractivity contribution in [3.63, 3.8) is 0 Å². The summed E-state index contributed by atoms with van der Waals surface area (Å²) in [6.07, 6.45) is 2.25. The third-order valence-electron chi connectivity index (χ3n) is 3.64. The van der Waals surface area contributed by atoms with Gasteiger partial charge in [0, 0.05) is 13.2 Å². The number of hydrogen-bond donors (Lipinski definition) is 2. The molecule has 2 atom stereocenters. The molecule has 0 aliphatic carbocycles. The number of carbonyl (C=O) groups excluding carboxylic acids is 2. The lowest BCUT2D eigenvalue weighted by atomic mass is 10.1. The zero-order chi connectivity index (χ0) is 22.6. The lowest BCUT2D eigenvalue weighted by Gasteiger charge is -2.12. The lowest BCUT2D eigenvalue weighted by molar-refractivity contribution is -0.145. The minimum absolute atomic E-state index is 0.0494. The molecule has 178 valence electrons. The quantitative estimate of drug-likeness (QED) is 0.156. The van der Waals surface area contributed by atoms with E-state index in [1.54, 1.807) is 0 Å². The summed E-state index contributed by atoms with van der Waals surface area (Å²) in [4.78, 5) is 23.2. The van der Waals surface area contributed by atoms with E-state index in [1.165, 1.54) is 0 Å². The molecule has 0 bridgehead atoms. The van der Waals surface area contributed by atoms with Gasteiger partial charge < -0.3 is 29.2 Å². The van der Waals surface area contributed by atoms with Crippen LogP contribution in [0.4, 0.5) is 0 Å². The van der Waals surface area contributed by atoms with Gasteiger partial charge in [0.2, 0.25) is 0 Å². The molecule has 0 aromatic heterocycles. The summed E-state index contributed by atoms with van der Waals surface area (Å²) in [6, 6.07) is 0. The summed E-state index contributed by atoms with van der Waals surface area (Å²) in [5.74, 6) is -0.224. The molecule has 0 aromatic rings. The topological polar surface area (TPSA) is 112 Å². The maximum atomic E-state index is 11.6. The standard InChI is InChI=1S/C20H38O8S2/c1-4-5-8-25-10-17(21)12-27-19(23)14-29-30-15-20(24)28-13-18(22)11-26-9-6-7-16(2)3/h16-18,21-22H,4-15H2,1-3H3. The van der Waals surface area contributed by atoms with Crippen molar-refractivity contribution in [1.82, 2.24) is 0 Å². The van der Waals surface area contributed by atoms with Crippen molar-refractivity contribution in [3.8, 4) is 0 Å². The van der Waals surface area contributed by atoms with Crippen molar-refractivity contribution >= 4 is 33.5 Å². The molecule has 2 unspecified atom stereocenters. The maximum absolute atomic E-state index is 11.6. The molecule has 0 aliphatic heterocycles. The predicted molar refractivity (Wildman–Crippen MR) is 119 cm³/mol. The molecule has 10 heteroatoms. The molecule has 0 heterocycles. The van der Waals surface area contributed by atoms with Crippen LogP contribution in [0.15, 0.2) is 0 Å². The van der Waals surface area contributed by atoms with E-state index in [0.717, 1.165) is 47.3 Å². The lowest BCUT2D eigenvalue weighted by Crippen LogP contribution is -2.25. The average Bonchev–Trinajstić information content (AvgIpc) is 2.70. The van der Waals surface area contributed by atoms with Gasteiger partial charge in [0.05, 0.1) is 13.2 Å². The molecular weight excluding hydrogens is 432 g/mol. The number of unbranched alkanes of at least 4 members (excludes halogenated alkanes) is 1. The van der Waals surface area contributed by atoms with Gasteiger partial charge in [0.25, 0.3) is 0 Å². The fourth-order valence-corrected chi connectivity index (χ4v) is 3.62. The molecular formula is C20H38O8S2. The Morgan fingerprint density at radius 1 is 0.800 bits per heavy atom. The number of aliphatic hydroxyl groups excluding tert-OH is 2. The molecule has 2 N–H and O–H groups in total. The molecule has 8 nitrogen and oxygen atoms in total. The molecule has 0 aliphatic rings. The van der Waals surface area contributed by atoms with E-state index >= 15 is 0 Å². The Kier molecular flexibility index (Phi) is 20.0. The van der Waals surface area contributed by atoms with Crippen molar-refractivity contribution in [2.24, 2.45) is 5.92 Å². The first-order valence-corrected chi connectivity index (χ1v) is 12.9. The molecule has 0 spiro atoms. The third kappa shape index (κ3) is 20.7. The van der Waals surface area contributed by atoms with Crippen LogP contribution in [0.25, 0.3) is 0 Å². The minimum atomic E-state index is -0.849. The molecule has 0 saturated carbocycles. The first kappa shape index (κ1) is 29.5. The average molecular weight is 471 g/mol. The van der Waals surface area contributed by atoms with Crippen molar-refractivity contribution in [2.75, 3.05) is 51.1 Å². The van der Waals surface area contributed by atoms with Crippen molar-refractivity contribution < 1.29 is 38.7 Å². The van der Waals surface area contributed by atoms with E-state index in [4.69, 9.17) is 18.9 Å². The zero-order valence-electron chi connectivity index (χ0n) is 18.4. The van der Waals surface area contributed by atoms with E-state index in [-0.39, 0.29) is 37.9 Å². The van der Waals surface area contributed by atoms with Crippen LogP contribution in [0, 0.1) is 5.92 Å². The molecule has 0 saturated heterocycles. The first-order valence-electron chi connectivity index (χ1n) is 10.4. The highest BCUT2D eigenvalue weighted by molar-refractivity contribution is 8.77. The van der Waals surface area contributed by atoms with Gasteiger partial charge in [-0.1, -0.05) is 48.8 Å². The Hall–Kier alpha value is -0.520. The number of esters is 2. The van der Waals surface area contributed by atoms with Gasteiger partial charge >= 0.3 is 11.9 Å². The van der Waals surface area contributed by atoms with Gasteiger partial charge in [-0.05, 0) is 25.2 Å². The number of carbonyl (C=O) groups is 2. The van der Waals surface area contributed by atoms with E-state index in [9.17, 15) is 19.8 Å². The SMILES string of the molecule is CCCCOCC(O)COC(=O)CSSCC(=O)OCC(O)COCCCC(C)C. The van der Waals surface area contributed by atoms with E-state index in [0.29, 0.717) is 19.1 Å². The summed E-state index contributed by atoms with van der Waals surface area (Å²) in [5, 5.41) is 19.4. The number of rotatable bonds is 20. The smallest absolute Gasteiger partial charge is 0.316 e. The largest absolute Gasteiger partial charge is 0.462 e. The summed E-state index contributed by atoms with van der Waals surface area (Å²) in [5.41, 5.74) is 0. The Balaban J connectivity index is 3.57. The second kappa shape index (κ2) is 20.4. The van der Waals surface area contributed by atoms with Crippen LogP contribution in [0.3, 0.4) is 0 Å². The Morgan fingerprint density at radius 2 is 1.27 bits per heavy atom. The highest BCUT2D eigenvalue weighted by Gasteiger charge is 2.12. The fourth-order valence-electron chi connectivity index (χ4n) is 2.02. The van der Waals surface area contributed by atoms with Crippen molar-refractivity contribution in [1.29, 1.82) is 0 Å². The highest BCUT2D eigenvalue weighted by Crippen LogP contribution is 2.21. The van der Waals surface area contributed by atoms with Gasteiger partial charge in [-0.25, -0.2) is 0 Å². The molecule has 0 fully saturated rings. The predicted octanol–water partition coefficient (Wildman–Crippen LogP) is 2.45. The van der Waals surface area contributed by atoms with E-state index < -0.39 is 24.1 Å². The van der Waals surface area contributed by atoms with E-state index in [2.05, 4.69) is 13.8 Å². The number of hydrogen-bond acceptors (Lipinski definition) is 10. The summed E-state index contributed by atoms with van der Waals surface area (Å²) >= 11 is 0. The van der Waals surface area contributed by atoms with Gasteiger partial charge in [-0.2, -0.15) is 0 Å². The van der Waals surface area contributed by atoms with Crippen LogP contribution < -0.4 is 0 Å². The molecule has 0 amide bonds. The van der Waals surface area contributed by atoms with Gasteiger partial charge in [0.15, 0.2) is 0 Å². The van der Waals surface area contributed by atoms with E-state index in [1.807, 2.05) is 6.92 Å². The van der Waals surface area contributed by atoms with Crippen LogP contribution in [0.5, 0.6) is 0 Å². The zero-order valence-corrected chi connectivity index (χ0v) is 20.0. The number of aliphatic hydroxyl groups is 2. The monoisotopic (exact) mass is 470 g/mol. The van der Waals surface area contributed by atoms with Crippen LogP contribution in [0.2, 0.25) is 0 Å². The van der Waals surface area contributed by atoms with Crippen LogP contribution >= 0.6 is 21.6 Å². The summed E-state index contributed by atoms with van der Waals surface area (Å²) in [6.45, 7) is 7.52. The van der Waals surface area contributed by atoms with Crippen molar-refractivity contribution in [2.45, 2.75) is 58.7 Å². The van der Waals surface area contributed by atoms with Crippen LogP contribution in [-0.2, 0) is 28.5 Å². The van der Waals surface area contributed by atoms with Crippen molar-refractivity contribution in [3.05, 3.63) is 0 Å². The first-order chi connectivity index (χ1) is 14.3. The second-order valence-corrected chi connectivity index (χ2v) is 9.70. The number of ether oxygens (including phenoxy) is 4. The Labute approximate surface area is 188 Å². The third-order valence-corrected chi connectivity index (χ3v) is 5.72. The summed E-state index contributed by atoms with van der Waals surface area (Å²) < 4.78 is 20.5. The fraction of sp³-hybridized carbons (Fsp3) is 0.900. The van der Waals surface area contributed by atoms with Gasteiger partial charge in [-0.3, -0.25) is 9.59 Å². The van der Waals surface area contributed by atoms with Gasteiger partial charge in [0.1, 0.15) is 36.9 Å². The Morgan fingerprint density at radius 3 is 1.70 bits per heavy atom. The van der Waals surface area contributed by atoms with Crippen LogP contribution in [-0.4, -0.2) is 85.5 Å². The maximum Gasteiger partial charge on any atom is 0.316 e. The second-order valence-electron chi connectivity index (χ2n) is 7.24. The molecule has 0 radical (unpaired) electrons. The molecule has 0 rings (SSSR count). The summed E-state index contributed by atoms with van der Waals surface area (Å²) in [7, 11) is 2.33.